The minimum absolute atomic E-state index is 0.0257. The Morgan fingerprint density at radius 2 is 1.96 bits per heavy atom. The third kappa shape index (κ3) is 5.15. The van der Waals surface area contributed by atoms with Crippen molar-refractivity contribution in [2.75, 3.05) is 20.6 Å². The summed E-state index contributed by atoms with van der Waals surface area (Å²) in [6, 6.07) is 10.6. The fourth-order valence-electron chi connectivity index (χ4n) is 2.46. The largest absolute Gasteiger partial charge is 0.354 e. The number of rotatable bonds is 7. The second-order valence-electron chi connectivity index (χ2n) is 5.97. The molecule has 0 saturated heterocycles. The van der Waals surface area contributed by atoms with Gasteiger partial charge in [-0.25, -0.2) is 4.39 Å². The van der Waals surface area contributed by atoms with Crippen LogP contribution in [0.2, 0.25) is 0 Å². The Morgan fingerprint density at radius 1 is 1.26 bits per heavy atom. The molecule has 2 rings (SSSR count). The van der Waals surface area contributed by atoms with Crippen molar-refractivity contribution in [3.63, 3.8) is 0 Å². The Bertz CT molecular complexity index is 610. The highest BCUT2D eigenvalue weighted by atomic mass is 32.1. The number of hydrogen-bond donors (Lipinski definition) is 1. The molecule has 1 amide bonds. The lowest BCUT2D eigenvalue weighted by Gasteiger charge is -2.24. The van der Waals surface area contributed by atoms with Gasteiger partial charge in [-0.15, -0.1) is 11.3 Å². The van der Waals surface area contributed by atoms with Gasteiger partial charge in [0, 0.05) is 17.3 Å². The minimum atomic E-state index is -0.254. The Labute approximate surface area is 141 Å². The van der Waals surface area contributed by atoms with Crippen LogP contribution in [0.15, 0.2) is 41.8 Å². The predicted molar refractivity (Wildman–Crippen MR) is 93.0 cm³/mol. The maximum atomic E-state index is 12.9. The third-order valence-electron chi connectivity index (χ3n) is 3.87. The molecule has 0 aliphatic rings. The van der Waals surface area contributed by atoms with Gasteiger partial charge < -0.3 is 10.2 Å². The number of hydrogen-bond acceptors (Lipinski definition) is 3. The quantitative estimate of drug-likeness (QED) is 0.841. The van der Waals surface area contributed by atoms with Gasteiger partial charge in [0.25, 0.3) is 0 Å². The summed E-state index contributed by atoms with van der Waals surface area (Å²) in [5, 5.41) is 5.08. The predicted octanol–water partition coefficient (Wildman–Crippen LogP) is 3.48. The van der Waals surface area contributed by atoms with E-state index in [1.54, 1.807) is 23.5 Å². The monoisotopic (exact) mass is 334 g/mol. The highest BCUT2D eigenvalue weighted by Gasteiger charge is 2.19. The minimum Gasteiger partial charge on any atom is -0.354 e. The van der Waals surface area contributed by atoms with Gasteiger partial charge >= 0.3 is 0 Å². The number of likely N-dealkylation sites (N-methyl/N-ethyl adjacent to an activating group) is 1. The molecule has 5 heteroatoms. The summed E-state index contributed by atoms with van der Waals surface area (Å²) in [6.45, 7) is 2.48. The first-order valence-corrected chi connectivity index (χ1v) is 8.57. The number of nitrogens with zero attached hydrogens (tertiary/aromatic N) is 1. The molecule has 124 valence electrons. The molecule has 0 radical (unpaired) electrons. The van der Waals surface area contributed by atoms with E-state index in [-0.39, 0.29) is 23.7 Å². The van der Waals surface area contributed by atoms with Crippen molar-refractivity contribution in [3.8, 4) is 0 Å². The highest BCUT2D eigenvalue weighted by Crippen LogP contribution is 2.22. The van der Waals surface area contributed by atoms with Crippen LogP contribution in [-0.4, -0.2) is 31.4 Å². The van der Waals surface area contributed by atoms with Crippen molar-refractivity contribution >= 4 is 17.2 Å². The molecule has 2 aromatic rings. The smallest absolute Gasteiger partial charge is 0.223 e. The summed E-state index contributed by atoms with van der Waals surface area (Å²) in [5.41, 5.74) is 0.969. The first-order chi connectivity index (χ1) is 11.0. The molecule has 3 nitrogen and oxygen atoms in total. The fraction of sp³-hybridized carbons (Fsp3) is 0.389. The Hall–Kier alpha value is -1.72. The molecule has 1 aromatic carbocycles. The van der Waals surface area contributed by atoms with E-state index >= 15 is 0 Å². The van der Waals surface area contributed by atoms with Crippen LogP contribution in [0.25, 0.3) is 0 Å². The molecule has 2 unspecified atom stereocenters. The van der Waals surface area contributed by atoms with E-state index in [2.05, 4.69) is 16.3 Å². The molecule has 0 spiro atoms. The molecule has 2 atom stereocenters. The topological polar surface area (TPSA) is 32.3 Å². The van der Waals surface area contributed by atoms with Crippen LogP contribution in [0.4, 0.5) is 4.39 Å². The van der Waals surface area contributed by atoms with Crippen molar-refractivity contribution < 1.29 is 9.18 Å². The van der Waals surface area contributed by atoms with E-state index < -0.39 is 0 Å². The van der Waals surface area contributed by atoms with E-state index in [4.69, 9.17) is 0 Å². The summed E-state index contributed by atoms with van der Waals surface area (Å²) >= 11 is 1.69. The van der Waals surface area contributed by atoms with Crippen LogP contribution < -0.4 is 5.32 Å². The van der Waals surface area contributed by atoms with Gasteiger partial charge in [0.15, 0.2) is 0 Å². The number of thiophene rings is 1. The molecule has 1 N–H and O–H groups in total. The van der Waals surface area contributed by atoms with Crippen LogP contribution in [0, 0.1) is 11.7 Å². The van der Waals surface area contributed by atoms with Gasteiger partial charge in [-0.2, -0.15) is 0 Å². The average molecular weight is 334 g/mol. The van der Waals surface area contributed by atoms with Gasteiger partial charge in [-0.1, -0.05) is 25.1 Å². The number of carbonyl (C=O) groups is 1. The zero-order valence-electron chi connectivity index (χ0n) is 13.8. The van der Waals surface area contributed by atoms with Crippen molar-refractivity contribution in [1.29, 1.82) is 0 Å². The standard InChI is InChI=1S/C18H23FN2OS/c1-13(11-14-6-8-15(19)9-7-14)18(22)20-12-16(21(2)3)17-5-4-10-23-17/h4-10,13,16H,11-12H2,1-3H3,(H,20,22). The van der Waals surface area contributed by atoms with E-state index in [0.29, 0.717) is 13.0 Å². The summed E-state index contributed by atoms with van der Waals surface area (Å²) in [6.07, 6.45) is 0.609. The maximum Gasteiger partial charge on any atom is 0.223 e. The normalized spacial score (nSPS) is 13.8. The average Bonchev–Trinajstić information content (AvgIpc) is 3.03. The van der Waals surface area contributed by atoms with Crippen LogP contribution in [0.5, 0.6) is 0 Å². The molecule has 1 heterocycles. The summed E-state index contributed by atoms with van der Waals surface area (Å²) < 4.78 is 12.9. The highest BCUT2D eigenvalue weighted by molar-refractivity contribution is 7.10. The number of benzene rings is 1. The van der Waals surface area contributed by atoms with Crippen LogP contribution in [0.1, 0.15) is 23.4 Å². The lowest BCUT2D eigenvalue weighted by molar-refractivity contribution is -0.124. The zero-order valence-corrected chi connectivity index (χ0v) is 14.6. The van der Waals surface area contributed by atoms with Crippen molar-refractivity contribution in [3.05, 3.63) is 58.0 Å². The summed E-state index contributed by atoms with van der Waals surface area (Å²) in [4.78, 5) is 15.7. The maximum absolute atomic E-state index is 12.9. The first kappa shape index (κ1) is 17.6. The molecule has 0 bridgehead atoms. The first-order valence-electron chi connectivity index (χ1n) is 7.69. The lowest BCUT2D eigenvalue weighted by Crippen LogP contribution is -2.37. The molecular weight excluding hydrogens is 311 g/mol. The van der Waals surface area contributed by atoms with E-state index in [9.17, 15) is 9.18 Å². The summed E-state index contributed by atoms with van der Waals surface area (Å²) in [7, 11) is 4.02. The molecule has 0 aliphatic carbocycles. The number of carbonyl (C=O) groups excluding carboxylic acids is 1. The molecule has 0 fully saturated rings. The van der Waals surface area contributed by atoms with Crippen LogP contribution in [0.3, 0.4) is 0 Å². The van der Waals surface area contributed by atoms with Gasteiger partial charge in [-0.05, 0) is 49.7 Å². The van der Waals surface area contributed by atoms with E-state index in [1.807, 2.05) is 32.5 Å². The van der Waals surface area contributed by atoms with Crippen molar-refractivity contribution in [2.24, 2.45) is 5.92 Å². The lowest BCUT2D eigenvalue weighted by atomic mass is 10.0. The summed E-state index contributed by atoms with van der Waals surface area (Å²) in [5.74, 6) is -0.375. The Kier molecular flexibility index (Phi) is 6.30. The van der Waals surface area contributed by atoms with Crippen LogP contribution in [-0.2, 0) is 11.2 Å². The Balaban J connectivity index is 1.88. The van der Waals surface area contributed by atoms with E-state index in [1.165, 1.54) is 17.0 Å². The second-order valence-corrected chi connectivity index (χ2v) is 6.95. The van der Waals surface area contributed by atoms with E-state index in [0.717, 1.165) is 5.56 Å². The SMILES string of the molecule is CC(Cc1ccc(F)cc1)C(=O)NCC(c1cccs1)N(C)C. The number of halogens is 1. The molecular formula is C18H23FN2OS. The second kappa shape index (κ2) is 8.22. The third-order valence-corrected chi connectivity index (χ3v) is 4.84. The fourth-order valence-corrected chi connectivity index (χ4v) is 3.38. The molecule has 23 heavy (non-hydrogen) atoms. The Morgan fingerprint density at radius 3 is 2.52 bits per heavy atom. The van der Waals surface area contributed by atoms with Gasteiger partial charge in [-0.3, -0.25) is 4.79 Å². The van der Waals surface area contributed by atoms with Crippen molar-refractivity contribution in [2.45, 2.75) is 19.4 Å². The van der Waals surface area contributed by atoms with Crippen molar-refractivity contribution in [1.82, 2.24) is 10.2 Å². The zero-order chi connectivity index (χ0) is 16.8. The molecule has 0 aliphatic heterocycles. The van der Waals surface area contributed by atoms with Gasteiger partial charge in [0.05, 0.1) is 6.04 Å². The molecule has 0 saturated carbocycles. The number of nitrogens with one attached hydrogen (secondary N) is 1. The van der Waals surface area contributed by atoms with Gasteiger partial charge in [0.1, 0.15) is 5.82 Å². The number of amides is 1. The molecule has 1 aromatic heterocycles. The van der Waals surface area contributed by atoms with Crippen LogP contribution >= 0.6 is 11.3 Å². The van der Waals surface area contributed by atoms with Gasteiger partial charge in [0.2, 0.25) is 5.91 Å².